The number of nitrogens with zero attached hydrogens (tertiary/aromatic N) is 4. The fourth-order valence-corrected chi connectivity index (χ4v) is 2.25. The molecule has 3 heterocycles. The van der Waals surface area contributed by atoms with Crippen LogP contribution in [0.2, 0.25) is 0 Å². The topological polar surface area (TPSA) is 52.7 Å². The van der Waals surface area contributed by atoms with E-state index in [1.54, 1.807) is 29.1 Å². The zero-order valence-electron chi connectivity index (χ0n) is 10.5. The maximum absolute atomic E-state index is 12.9. The van der Waals surface area contributed by atoms with E-state index in [2.05, 4.69) is 10.1 Å². The molecule has 0 spiro atoms. The van der Waals surface area contributed by atoms with Crippen LogP contribution >= 0.6 is 0 Å². The summed E-state index contributed by atoms with van der Waals surface area (Å²) in [7, 11) is 1.52. The predicted molar refractivity (Wildman–Crippen MR) is 68.2 cm³/mol. The van der Waals surface area contributed by atoms with E-state index in [9.17, 15) is 13.6 Å². The molecular formula is C13H10F2N4O. The van der Waals surface area contributed by atoms with Crippen LogP contribution in [0.5, 0.6) is 0 Å². The molecule has 3 rings (SSSR count). The quantitative estimate of drug-likeness (QED) is 0.691. The minimum absolute atomic E-state index is 0.120. The number of aldehydes is 1. The first-order valence-corrected chi connectivity index (χ1v) is 5.86. The molecule has 0 aliphatic carbocycles. The molecule has 7 heteroatoms. The second-order valence-corrected chi connectivity index (χ2v) is 4.27. The Hall–Kier alpha value is -2.57. The zero-order chi connectivity index (χ0) is 14.3. The van der Waals surface area contributed by atoms with Crippen molar-refractivity contribution in [2.24, 2.45) is 7.05 Å². The van der Waals surface area contributed by atoms with Gasteiger partial charge in [0.25, 0.3) is 6.43 Å². The fraction of sp³-hybridized carbons (Fsp3) is 0.154. The van der Waals surface area contributed by atoms with E-state index in [0.29, 0.717) is 11.9 Å². The third kappa shape index (κ3) is 1.70. The van der Waals surface area contributed by atoms with Gasteiger partial charge in [0.1, 0.15) is 17.2 Å². The number of pyridine rings is 1. The van der Waals surface area contributed by atoms with Crippen molar-refractivity contribution in [3.8, 4) is 5.82 Å². The van der Waals surface area contributed by atoms with Gasteiger partial charge < -0.3 is 0 Å². The Kier molecular flexibility index (Phi) is 2.81. The largest absolute Gasteiger partial charge is 0.298 e. The number of halogens is 2. The second-order valence-electron chi connectivity index (χ2n) is 4.27. The molecule has 3 aromatic heterocycles. The van der Waals surface area contributed by atoms with Crippen molar-refractivity contribution in [2.45, 2.75) is 6.43 Å². The Morgan fingerprint density at radius 2 is 2.15 bits per heavy atom. The lowest BCUT2D eigenvalue weighted by Gasteiger charge is -2.05. The molecule has 20 heavy (non-hydrogen) atoms. The maximum atomic E-state index is 12.9. The molecule has 0 bridgehead atoms. The van der Waals surface area contributed by atoms with E-state index in [4.69, 9.17) is 0 Å². The molecule has 0 aliphatic rings. The van der Waals surface area contributed by atoms with E-state index >= 15 is 0 Å². The van der Waals surface area contributed by atoms with Crippen molar-refractivity contribution in [3.63, 3.8) is 0 Å². The number of aryl methyl sites for hydroxylation is 1. The summed E-state index contributed by atoms with van der Waals surface area (Å²) in [5.41, 5.74) is -0.0552. The van der Waals surface area contributed by atoms with Crippen molar-refractivity contribution < 1.29 is 13.6 Å². The summed E-state index contributed by atoms with van der Waals surface area (Å²) in [6.45, 7) is 0. The van der Waals surface area contributed by atoms with Gasteiger partial charge in [-0.15, -0.1) is 0 Å². The van der Waals surface area contributed by atoms with Crippen LogP contribution in [0, 0.1) is 0 Å². The third-order valence-electron chi connectivity index (χ3n) is 3.08. The standard InChI is InChI=1S/C13H10F2N4O/c1-18-13(9(7-20)10(17-18)11(14)15)19-6-4-8-3-2-5-16-12(8)19/h2-7,11H,1H3. The van der Waals surface area contributed by atoms with Gasteiger partial charge in [0.05, 0.1) is 5.56 Å². The number of hydrogen-bond donors (Lipinski definition) is 0. The Morgan fingerprint density at radius 1 is 1.35 bits per heavy atom. The number of carbonyl (C=O) groups is 1. The summed E-state index contributed by atoms with van der Waals surface area (Å²) in [5, 5.41) is 4.58. The fourth-order valence-electron chi connectivity index (χ4n) is 2.25. The Balaban J connectivity index is 2.32. The Labute approximate surface area is 112 Å². The summed E-state index contributed by atoms with van der Waals surface area (Å²) in [6, 6.07) is 5.43. The lowest BCUT2D eigenvalue weighted by molar-refractivity contribution is 0.110. The van der Waals surface area contributed by atoms with Crippen molar-refractivity contribution >= 4 is 17.3 Å². The van der Waals surface area contributed by atoms with Crippen molar-refractivity contribution in [1.82, 2.24) is 19.3 Å². The molecule has 0 atom stereocenters. The van der Waals surface area contributed by atoms with Gasteiger partial charge >= 0.3 is 0 Å². The van der Waals surface area contributed by atoms with Crippen LogP contribution in [0.15, 0.2) is 30.6 Å². The van der Waals surface area contributed by atoms with E-state index < -0.39 is 12.1 Å². The highest BCUT2D eigenvalue weighted by Gasteiger charge is 2.24. The smallest absolute Gasteiger partial charge is 0.282 e. The number of carbonyl (C=O) groups excluding carboxylic acids is 1. The van der Waals surface area contributed by atoms with Crippen LogP contribution < -0.4 is 0 Å². The average molecular weight is 276 g/mol. The minimum atomic E-state index is -2.80. The Bertz CT molecular complexity index is 791. The third-order valence-corrected chi connectivity index (χ3v) is 3.08. The molecule has 5 nitrogen and oxygen atoms in total. The molecule has 0 fully saturated rings. The van der Waals surface area contributed by atoms with Gasteiger partial charge in [-0.25, -0.2) is 13.8 Å². The molecule has 0 aromatic carbocycles. The van der Waals surface area contributed by atoms with Crippen LogP contribution in [0.3, 0.4) is 0 Å². The zero-order valence-corrected chi connectivity index (χ0v) is 10.5. The molecule has 0 saturated heterocycles. The lowest BCUT2D eigenvalue weighted by Crippen LogP contribution is -2.04. The van der Waals surface area contributed by atoms with Crippen molar-refractivity contribution in [3.05, 3.63) is 41.9 Å². The van der Waals surface area contributed by atoms with Crippen LogP contribution in [0.4, 0.5) is 8.78 Å². The van der Waals surface area contributed by atoms with Gasteiger partial charge in [-0.05, 0) is 18.2 Å². The SMILES string of the molecule is Cn1nc(C(F)F)c(C=O)c1-n1ccc2cccnc21. The molecule has 0 unspecified atom stereocenters. The normalized spacial score (nSPS) is 11.4. The van der Waals surface area contributed by atoms with Gasteiger partial charge in [-0.1, -0.05) is 0 Å². The summed E-state index contributed by atoms with van der Waals surface area (Å²) in [6.07, 6.45) is 0.879. The molecule has 102 valence electrons. The highest BCUT2D eigenvalue weighted by atomic mass is 19.3. The highest BCUT2D eigenvalue weighted by Crippen LogP contribution is 2.27. The van der Waals surface area contributed by atoms with E-state index in [1.807, 2.05) is 6.07 Å². The molecular weight excluding hydrogens is 266 g/mol. The van der Waals surface area contributed by atoms with Gasteiger partial charge in [0.2, 0.25) is 0 Å². The maximum Gasteiger partial charge on any atom is 0.282 e. The van der Waals surface area contributed by atoms with E-state index in [1.165, 1.54) is 11.7 Å². The van der Waals surface area contributed by atoms with Crippen molar-refractivity contribution in [2.75, 3.05) is 0 Å². The monoisotopic (exact) mass is 276 g/mol. The van der Waals surface area contributed by atoms with Crippen LogP contribution in [-0.2, 0) is 7.05 Å². The van der Waals surface area contributed by atoms with Gasteiger partial charge in [-0.3, -0.25) is 14.0 Å². The number of alkyl halides is 2. The first-order chi connectivity index (χ1) is 9.63. The molecule has 0 saturated carbocycles. The van der Waals surface area contributed by atoms with Gasteiger partial charge in [0.15, 0.2) is 6.29 Å². The summed E-state index contributed by atoms with van der Waals surface area (Å²) in [4.78, 5) is 15.4. The number of aromatic nitrogens is 4. The minimum Gasteiger partial charge on any atom is -0.298 e. The van der Waals surface area contributed by atoms with Crippen LogP contribution in [0.1, 0.15) is 22.5 Å². The lowest BCUT2D eigenvalue weighted by atomic mass is 10.2. The average Bonchev–Trinajstić information content (AvgIpc) is 2.99. The van der Waals surface area contributed by atoms with E-state index in [-0.39, 0.29) is 11.4 Å². The first kappa shape index (κ1) is 12.5. The van der Waals surface area contributed by atoms with E-state index in [0.717, 1.165) is 5.39 Å². The summed E-state index contributed by atoms with van der Waals surface area (Å²) in [5.74, 6) is 0.281. The molecule has 3 aromatic rings. The molecule has 0 radical (unpaired) electrons. The summed E-state index contributed by atoms with van der Waals surface area (Å²) < 4.78 is 28.7. The van der Waals surface area contributed by atoms with Crippen LogP contribution in [-0.4, -0.2) is 25.6 Å². The van der Waals surface area contributed by atoms with Crippen molar-refractivity contribution in [1.29, 1.82) is 0 Å². The number of hydrogen-bond acceptors (Lipinski definition) is 3. The second kappa shape index (κ2) is 4.52. The molecule has 0 amide bonds. The predicted octanol–water partition coefficient (Wildman–Crippen LogP) is 2.51. The van der Waals surface area contributed by atoms with Crippen LogP contribution in [0.25, 0.3) is 16.9 Å². The number of rotatable bonds is 3. The Morgan fingerprint density at radius 3 is 2.85 bits per heavy atom. The van der Waals surface area contributed by atoms with Gasteiger partial charge in [-0.2, -0.15) is 5.10 Å². The molecule has 0 aliphatic heterocycles. The highest BCUT2D eigenvalue weighted by molar-refractivity contribution is 5.85. The first-order valence-electron chi connectivity index (χ1n) is 5.86. The van der Waals surface area contributed by atoms with Gasteiger partial charge in [0, 0.05) is 24.8 Å². The number of fused-ring (bicyclic) bond motifs is 1. The molecule has 0 N–H and O–H groups in total. The summed E-state index contributed by atoms with van der Waals surface area (Å²) >= 11 is 0.